The Morgan fingerprint density at radius 2 is 1.84 bits per heavy atom. The Hall–Kier alpha value is -3.57. The molecule has 0 saturated heterocycles. The molecule has 9 nitrogen and oxygen atoms in total. The molecule has 1 aliphatic rings. The number of benzene rings is 3. The Bertz CT molecular complexity index is 1580. The van der Waals surface area contributed by atoms with Crippen molar-refractivity contribution in [1.82, 2.24) is 9.62 Å². The van der Waals surface area contributed by atoms with Crippen LogP contribution < -0.4 is 14.2 Å². The Labute approximate surface area is 258 Å². The molecule has 0 bridgehead atoms. The Morgan fingerprint density at radius 1 is 1.05 bits per heavy atom. The molecule has 0 aromatic heterocycles. The smallest absolute Gasteiger partial charge is 0.247 e. The molecule has 1 atom stereocenters. The van der Waals surface area contributed by atoms with Crippen LogP contribution in [0.25, 0.3) is 6.08 Å². The molecule has 11 heteroatoms. The number of aromatic hydroxyl groups is 1. The standard InChI is InChI=1S/C32H37ClN2O7S/c1-4-13-34-43(38,39)28-9-7-23-18-27(19-24(23)20-28)35(21-25-17-26(33)8-11-30(25)42-15-14-40-2)32(37)12-6-22-5-10-29(36)31(16-22)41-3/h5-12,16-17,20,27,34,36H,4,13-15,18-19,21H2,1-3H3/b12-6-. The number of ether oxygens (including phenoxy) is 3. The predicted molar refractivity (Wildman–Crippen MR) is 166 cm³/mol. The number of hydrogen-bond donors (Lipinski definition) is 2. The molecular formula is C32H37ClN2O7S. The molecule has 0 fully saturated rings. The molecule has 0 heterocycles. The lowest BCUT2D eigenvalue weighted by Crippen LogP contribution is -2.39. The van der Waals surface area contributed by atoms with Crippen LogP contribution in [0.4, 0.5) is 0 Å². The van der Waals surface area contributed by atoms with Crippen molar-refractivity contribution in [3.63, 3.8) is 0 Å². The van der Waals surface area contributed by atoms with Gasteiger partial charge in [-0.3, -0.25) is 4.79 Å². The van der Waals surface area contributed by atoms with Crippen molar-refractivity contribution in [3.05, 3.63) is 87.9 Å². The van der Waals surface area contributed by atoms with Gasteiger partial charge in [0.2, 0.25) is 15.9 Å². The van der Waals surface area contributed by atoms with Crippen molar-refractivity contribution in [1.29, 1.82) is 0 Å². The van der Waals surface area contributed by atoms with Crippen LogP contribution in [0.15, 0.2) is 65.6 Å². The summed E-state index contributed by atoms with van der Waals surface area (Å²) in [4.78, 5) is 15.8. The van der Waals surface area contributed by atoms with Crippen molar-refractivity contribution < 1.29 is 32.5 Å². The molecule has 2 N–H and O–H groups in total. The van der Waals surface area contributed by atoms with E-state index >= 15 is 0 Å². The number of carbonyl (C=O) groups excluding carboxylic acids is 1. The highest BCUT2D eigenvalue weighted by atomic mass is 35.5. The minimum absolute atomic E-state index is 0.00422. The molecule has 43 heavy (non-hydrogen) atoms. The lowest BCUT2D eigenvalue weighted by atomic mass is 10.1. The molecule has 4 rings (SSSR count). The highest BCUT2D eigenvalue weighted by molar-refractivity contribution is 7.89. The second kappa shape index (κ2) is 14.7. The van der Waals surface area contributed by atoms with Gasteiger partial charge in [-0.05, 0) is 84.5 Å². The van der Waals surface area contributed by atoms with Gasteiger partial charge >= 0.3 is 0 Å². The fourth-order valence-electron chi connectivity index (χ4n) is 4.96. The molecule has 1 unspecified atom stereocenters. The van der Waals surface area contributed by atoms with Crippen LogP contribution in [0.1, 0.15) is 35.6 Å². The quantitative estimate of drug-likeness (QED) is 0.191. The number of methoxy groups -OCH3 is 2. The van der Waals surface area contributed by atoms with Gasteiger partial charge in [0.05, 0.1) is 18.6 Å². The predicted octanol–water partition coefficient (Wildman–Crippen LogP) is 4.98. The maximum atomic E-state index is 13.8. The van der Waals surface area contributed by atoms with Gasteiger partial charge in [0.25, 0.3) is 0 Å². The van der Waals surface area contributed by atoms with Crippen LogP contribution in [-0.4, -0.2) is 64.4 Å². The van der Waals surface area contributed by atoms with Gasteiger partial charge in [-0.1, -0.05) is 30.7 Å². The number of amides is 1. The summed E-state index contributed by atoms with van der Waals surface area (Å²) in [5, 5.41) is 10.4. The molecule has 0 saturated carbocycles. The van der Waals surface area contributed by atoms with E-state index in [0.717, 1.165) is 16.7 Å². The first kappa shape index (κ1) is 32.3. The van der Waals surface area contributed by atoms with E-state index in [9.17, 15) is 18.3 Å². The normalized spacial score (nSPS) is 14.6. The van der Waals surface area contributed by atoms with E-state index in [2.05, 4.69) is 4.72 Å². The zero-order valence-electron chi connectivity index (χ0n) is 24.5. The summed E-state index contributed by atoms with van der Waals surface area (Å²) in [7, 11) is -0.574. The van der Waals surface area contributed by atoms with Crippen LogP contribution in [0.5, 0.6) is 17.2 Å². The van der Waals surface area contributed by atoms with E-state index in [0.29, 0.717) is 61.1 Å². The fraction of sp³-hybridized carbons (Fsp3) is 0.344. The van der Waals surface area contributed by atoms with Gasteiger partial charge in [0.1, 0.15) is 12.4 Å². The Morgan fingerprint density at radius 3 is 2.58 bits per heavy atom. The van der Waals surface area contributed by atoms with Crippen molar-refractivity contribution in [2.75, 3.05) is 34.0 Å². The first-order valence-corrected chi connectivity index (χ1v) is 15.9. The molecule has 1 aliphatic carbocycles. The zero-order valence-corrected chi connectivity index (χ0v) is 26.1. The van der Waals surface area contributed by atoms with Crippen LogP contribution >= 0.6 is 11.6 Å². The van der Waals surface area contributed by atoms with Gasteiger partial charge in [0.15, 0.2) is 11.5 Å². The number of phenolic OH excluding ortho intramolecular Hbond substituents is 1. The van der Waals surface area contributed by atoms with E-state index in [1.54, 1.807) is 60.6 Å². The summed E-state index contributed by atoms with van der Waals surface area (Å²) in [6.45, 7) is 3.21. The van der Waals surface area contributed by atoms with E-state index in [4.69, 9.17) is 25.8 Å². The highest BCUT2D eigenvalue weighted by Gasteiger charge is 2.31. The summed E-state index contributed by atoms with van der Waals surface area (Å²) in [5.74, 6) is 0.653. The Balaban J connectivity index is 1.64. The first-order chi connectivity index (χ1) is 20.6. The maximum absolute atomic E-state index is 13.8. The third-order valence-electron chi connectivity index (χ3n) is 7.20. The van der Waals surface area contributed by atoms with Gasteiger partial charge in [-0.15, -0.1) is 0 Å². The minimum atomic E-state index is -3.63. The van der Waals surface area contributed by atoms with Gasteiger partial charge in [-0.25, -0.2) is 13.1 Å². The monoisotopic (exact) mass is 628 g/mol. The largest absolute Gasteiger partial charge is 0.504 e. The van der Waals surface area contributed by atoms with Crippen LogP contribution in [0.3, 0.4) is 0 Å². The number of phenols is 1. The molecule has 3 aromatic carbocycles. The van der Waals surface area contributed by atoms with Crippen LogP contribution in [0.2, 0.25) is 5.02 Å². The summed E-state index contributed by atoms with van der Waals surface area (Å²) >= 11 is 6.36. The van der Waals surface area contributed by atoms with Crippen molar-refractivity contribution in [2.45, 2.75) is 43.7 Å². The number of fused-ring (bicyclic) bond motifs is 1. The number of halogens is 1. The average Bonchev–Trinajstić information content (AvgIpc) is 3.42. The number of nitrogens with zero attached hydrogens (tertiary/aromatic N) is 1. The van der Waals surface area contributed by atoms with Crippen molar-refractivity contribution >= 4 is 33.6 Å². The van der Waals surface area contributed by atoms with Crippen molar-refractivity contribution in [3.8, 4) is 17.2 Å². The number of nitrogens with one attached hydrogen (secondary N) is 1. The number of rotatable bonds is 14. The number of sulfonamides is 1. The number of carbonyl (C=O) groups is 1. The van der Waals surface area contributed by atoms with Crippen molar-refractivity contribution in [2.24, 2.45) is 0 Å². The first-order valence-electron chi connectivity index (χ1n) is 14.0. The topological polar surface area (TPSA) is 114 Å². The number of hydrogen-bond acceptors (Lipinski definition) is 7. The zero-order chi connectivity index (χ0) is 31.0. The lowest BCUT2D eigenvalue weighted by molar-refractivity contribution is -0.128. The summed E-state index contributed by atoms with van der Waals surface area (Å²) in [6.07, 6.45) is 4.88. The molecule has 0 spiro atoms. The fourth-order valence-corrected chi connectivity index (χ4v) is 6.34. The van der Waals surface area contributed by atoms with Gasteiger partial charge in [-0.2, -0.15) is 0 Å². The van der Waals surface area contributed by atoms with E-state index < -0.39 is 10.0 Å². The molecular weight excluding hydrogens is 592 g/mol. The SMILES string of the molecule is CCCNS(=O)(=O)c1ccc2c(c1)CC(N(Cc1cc(Cl)ccc1OCCOC)C(=O)/C=C\c1ccc(O)c(OC)c1)C2. The van der Waals surface area contributed by atoms with Crippen LogP contribution in [0, 0.1) is 0 Å². The second-order valence-electron chi connectivity index (χ2n) is 10.2. The average molecular weight is 629 g/mol. The summed E-state index contributed by atoms with van der Waals surface area (Å²) in [5.41, 5.74) is 3.29. The van der Waals surface area contributed by atoms with Gasteiger partial charge in [0, 0.05) is 42.9 Å². The highest BCUT2D eigenvalue weighted by Crippen LogP contribution is 2.32. The molecule has 0 aliphatic heterocycles. The minimum Gasteiger partial charge on any atom is -0.504 e. The third kappa shape index (κ3) is 8.29. The van der Waals surface area contributed by atoms with Gasteiger partial charge < -0.3 is 24.2 Å². The van der Waals surface area contributed by atoms with E-state index in [-0.39, 0.29) is 29.1 Å². The Kier molecular flexibility index (Phi) is 11.1. The van der Waals surface area contributed by atoms with E-state index in [1.807, 2.05) is 13.0 Å². The molecule has 230 valence electrons. The molecule has 0 radical (unpaired) electrons. The van der Waals surface area contributed by atoms with E-state index in [1.165, 1.54) is 19.3 Å². The molecule has 1 amide bonds. The molecule has 3 aromatic rings. The second-order valence-corrected chi connectivity index (χ2v) is 12.4. The lowest BCUT2D eigenvalue weighted by Gasteiger charge is -2.29. The maximum Gasteiger partial charge on any atom is 0.247 e. The van der Waals surface area contributed by atoms with Crippen LogP contribution in [-0.2, 0) is 38.9 Å². The summed E-state index contributed by atoms with van der Waals surface area (Å²) < 4.78 is 44.4. The summed E-state index contributed by atoms with van der Waals surface area (Å²) in [6, 6.07) is 15.0. The third-order valence-corrected chi connectivity index (χ3v) is 8.89.